The van der Waals surface area contributed by atoms with Crippen LogP contribution in [0.25, 0.3) is 5.76 Å². The summed E-state index contributed by atoms with van der Waals surface area (Å²) in [5.41, 5.74) is 1.81. The number of benzene rings is 2. The first kappa shape index (κ1) is 24.0. The lowest BCUT2D eigenvalue weighted by Gasteiger charge is -2.25. The van der Waals surface area contributed by atoms with Crippen molar-refractivity contribution in [3.63, 3.8) is 0 Å². The Labute approximate surface area is 193 Å². The van der Waals surface area contributed by atoms with Crippen LogP contribution in [0, 0.1) is 6.92 Å². The number of amides is 1. The molecular formula is C26H29NO6. The summed E-state index contributed by atoms with van der Waals surface area (Å²) in [6.45, 7) is 7.90. The number of aliphatic hydroxyl groups excluding tert-OH is 1. The lowest BCUT2D eigenvalue weighted by Crippen LogP contribution is -2.30. The average Bonchev–Trinajstić information content (AvgIpc) is 3.03. The van der Waals surface area contributed by atoms with E-state index in [0.29, 0.717) is 42.2 Å². The molecule has 1 atom stereocenters. The number of likely N-dealkylation sites (tertiary alicyclic amines) is 1. The minimum Gasteiger partial charge on any atom is -0.507 e. The number of carbonyl (C=O) groups excluding carboxylic acids is 3. The highest BCUT2D eigenvalue weighted by Crippen LogP contribution is 2.40. The third-order valence-electron chi connectivity index (χ3n) is 5.48. The Kier molecular flexibility index (Phi) is 7.53. The van der Waals surface area contributed by atoms with Crippen LogP contribution in [0.15, 0.2) is 48.0 Å². The van der Waals surface area contributed by atoms with Gasteiger partial charge >= 0.3 is 5.97 Å². The van der Waals surface area contributed by atoms with E-state index in [-0.39, 0.29) is 11.3 Å². The van der Waals surface area contributed by atoms with Gasteiger partial charge in [0.05, 0.1) is 18.2 Å². The summed E-state index contributed by atoms with van der Waals surface area (Å²) in [6, 6.07) is 11.0. The van der Waals surface area contributed by atoms with Gasteiger partial charge in [-0.1, -0.05) is 25.5 Å². The van der Waals surface area contributed by atoms with Crippen molar-refractivity contribution in [3.8, 4) is 11.5 Å². The molecule has 1 aliphatic rings. The molecule has 1 saturated heterocycles. The summed E-state index contributed by atoms with van der Waals surface area (Å²) in [5, 5.41) is 11.2. The van der Waals surface area contributed by atoms with E-state index >= 15 is 0 Å². The van der Waals surface area contributed by atoms with Crippen molar-refractivity contribution in [2.75, 3.05) is 13.2 Å². The Morgan fingerprint density at radius 1 is 1.12 bits per heavy atom. The number of hydrogen-bond donors (Lipinski definition) is 1. The summed E-state index contributed by atoms with van der Waals surface area (Å²) in [5.74, 6) is -1.13. The van der Waals surface area contributed by atoms with E-state index in [9.17, 15) is 19.5 Å². The molecule has 0 aromatic heterocycles. The molecule has 1 amide bonds. The summed E-state index contributed by atoms with van der Waals surface area (Å²) < 4.78 is 10.8. The number of ether oxygens (including phenoxy) is 2. The van der Waals surface area contributed by atoms with Gasteiger partial charge in [0, 0.05) is 19.0 Å². The maximum absolute atomic E-state index is 13.1. The molecular weight excluding hydrogens is 422 g/mol. The van der Waals surface area contributed by atoms with Crippen molar-refractivity contribution in [1.82, 2.24) is 4.90 Å². The number of esters is 1. The largest absolute Gasteiger partial charge is 0.507 e. The fourth-order valence-electron chi connectivity index (χ4n) is 3.97. The zero-order chi connectivity index (χ0) is 24.1. The minimum atomic E-state index is -0.793. The van der Waals surface area contributed by atoms with E-state index in [2.05, 4.69) is 0 Å². The van der Waals surface area contributed by atoms with Crippen molar-refractivity contribution < 1.29 is 29.0 Å². The van der Waals surface area contributed by atoms with Crippen LogP contribution >= 0.6 is 0 Å². The molecule has 1 unspecified atom stereocenters. The fraction of sp³-hybridized carbons (Fsp3) is 0.346. The predicted molar refractivity (Wildman–Crippen MR) is 124 cm³/mol. The van der Waals surface area contributed by atoms with E-state index in [1.165, 1.54) is 11.8 Å². The molecule has 7 heteroatoms. The number of rotatable bonds is 8. The van der Waals surface area contributed by atoms with Crippen LogP contribution in [0.5, 0.6) is 11.5 Å². The molecule has 1 fully saturated rings. The Morgan fingerprint density at radius 3 is 2.52 bits per heavy atom. The molecule has 0 radical (unpaired) electrons. The third-order valence-corrected chi connectivity index (χ3v) is 5.48. The Balaban J connectivity index is 2.14. The monoisotopic (exact) mass is 451 g/mol. The maximum atomic E-state index is 13.1. The molecule has 3 rings (SSSR count). The number of carbonyl (C=O) groups is 3. The lowest BCUT2D eigenvalue weighted by atomic mass is 9.94. The van der Waals surface area contributed by atoms with Gasteiger partial charge in [0.2, 0.25) is 0 Å². The molecule has 0 bridgehead atoms. The van der Waals surface area contributed by atoms with Gasteiger partial charge in [0.15, 0.2) is 0 Å². The van der Waals surface area contributed by atoms with E-state index in [4.69, 9.17) is 9.47 Å². The van der Waals surface area contributed by atoms with Crippen LogP contribution in [0.3, 0.4) is 0 Å². The standard InChI is InChI=1S/C26H29NO6/c1-5-7-13-27-23(18-9-8-10-20(15-18)33-17(4)28)22(25(30)26(27)31)24(29)19-11-12-21(32-6-2)16(3)14-19/h8-12,14-15,23,29H,5-7,13H2,1-4H3/b24-22+. The summed E-state index contributed by atoms with van der Waals surface area (Å²) in [4.78, 5) is 38.9. The van der Waals surface area contributed by atoms with Crippen molar-refractivity contribution >= 4 is 23.4 Å². The van der Waals surface area contributed by atoms with Gasteiger partial charge in [0.25, 0.3) is 11.7 Å². The number of Topliss-reactive ketones (excluding diaryl/α,β-unsaturated/α-hetero) is 1. The molecule has 1 aliphatic heterocycles. The number of ketones is 1. The van der Waals surface area contributed by atoms with Gasteiger partial charge < -0.3 is 19.5 Å². The molecule has 1 N–H and O–H groups in total. The van der Waals surface area contributed by atoms with Crippen LogP contribution in [0.1, 0.15) is 56.3 Å². The van der Waals surface area contributed by atoms with Gasteiger partial charge in [-0.3, -0.25) is 14.4 Å². The maximum Gasteiger partial charge on any atom is 0.308 e. The summed E-state index contributed by atoms with van der Waals surface area (Å²) in [6.07, 6.45) is 1.54. The zero-order valence-electron chi connectivity index (χ0n) is 19.4. The highest BCUT2D eigenvalue weighted by Gasteiger charge is 2.45. The van der Waals surface area contributed by atoms with Crippen LogP contribution in [0.2, 0.25) is 0 Å². The molecule has 1 heterocycles. The lowest BCUT2D eigenvalue weighted by molar-refractivity contribution is -0.139. The topological polar surface area (TPSA) is 93.1 Å². The molecule has 2 aromatic carbocycles. The average molecular weight is 452 g/mol. The van der Waals surface area contributed by atoms with E-state index < -0.39 is 23.7 Å². The van der Waals surface area contributed by atoms with E-state index in [0.717, 1.165) is 12.0 Å². The highest BCUT2D eigenvalue weighted by atomic mass is 16.5. The number of aliphatic hydroxyl groups is 1. The molecule has 2 aromatic rings. The van der Waals surface area contributed by atoms with E-state index in [1.807, 2.05) is 20.8 Å². The minimum absolute atomic E-state index is 0.0136. The quantitative estimate of drug-likeness (QED) is 0.208. The molecule has 0 aliphatic carbocycles. The van der Waals surface area contributed by atoms with Gasteiger partial charge in [-0.15, -0.1) is 0 Å². The second-order valence-electron chi connectivity index (χ2n) is 7.93. The Morgan fingerprint density at radius 2 is 1.88 bits per heavy atom. The van der Waals surface area contributed by atoms with Gasteiger partial charge in [-0.2, -0.15) is 0 Å². The van der Waals surface area contributed by atoms with Crippen molar-refractivity contribution in [3.05, 3.63) is 64.7 Å². The van der Waals surface area contributed by atoms with Crippen molar-refractivity contribution in [2.24, 2.45) is 0 Å². The number of nitrogens with zero attached hydrogens (tertiary/aromatic N) is 1. The van der Waals surface area contributed by atoms with Gasteiger partial charge in [-0.25, -0.2) is 0 Å². The summed E-state index contributed by atoms with van der Waals surface area (Å²) in [7, 11) is 0. The molecule has 33 heavy (non-hydrogen) atoms. The first-order valence-corrected chi connectivity index (χ1v) is 11.1. The fourth-order valence-corrected chi connectivity index (χ4v) is 3.97. The molecule has 0 spiro atoms. The van der Waals surface area contributed by atoms with E-state index in [1.54, 1.807) is 42.5 Å². The van der Waals surface area contributed by atoms with Crippen LogP contribution in [0.4, 0.5) is 0 Å². The van der Waals surface area contributed by atoms with Crippen LogP contribution in [-0.4, -0.2) is 40.8 Å². The third kappa shape index (κ3) is 5.08. The molecule has 174 valence electrons. The highest BCUT2D eigenvalue weighted by molar-refractivity contribution is 6.46. The van der Waals surface area contributed by atoms with Crippen molar-refractivity contribution in [1.29, 1.82) is 0 Å². The predicted octanol–water partition coefficient (Wildman–Crippen LogP) is 4.54. The Hall–Kier alpha value is -3.61. The molecule has 7 nitrogen and oxygen atoms in total. The van der Waals surface area contributed by atoms with Crippen LogP contribution < -0.4 is 9.47 Å². The zero-order valence-corrected chi connectivity index (χ0v) is 19.4. The number of aryl methyl sites for hydroxylation is 1. The smallest absolute Gasteiger partial charge is 0.308 e. The summed E-state index contributed by atoms with van der Waals surface area (Å²) >= 11 is 0. The second-order valence-corrected chi connectivity index (χ2v) is 7.93. The second kappa shape index (κ2) is 10.3. The Bertz CT molecular complexity index is 1100. The number of unbranched alkanes of at least 4 members (excludes halogenated alkanes) is 1. The van der Waals surface area contributed by atoms with Gasteiger partial charge in [0.1, 0.15) is 17.3 Å². The van der Waals surface area contributed by atoms with Crippen LogP contribution in [-0.2, 0) is 14.4 Å². The number of hydrogen-bond acceptors (Lipinski definition) is 6. The first-order chi connectivity index (χ1) is 15.8. The SMILES string of the molecule is CCCCN1C(=O)C(=O)/C(=C(/O)c2ccc(OCC)c(C)c2)C1c1cccc(OC(C)=O)c1. The van der Waals surface area contributed by atoms with Gasteiger partial charge in [-0.05, 0) is 61.7 Å². The van der Waals surface area contributed by atoms with Crippen molar-refractivity contribution in [2.45, 2.75) is 46.6 Å². The first-order valence-electron chi connectivity index (χ1n) is 11.1. The molecule has 0 saturated carbocycles. The normalized spacial score (nSPS) is 17.3.